The molecule has 21 heavy (non-hydrogen) atoms. The van der Waals surface area contributed by atoms with Crippen LogP contribution in [0.5, 0.6) is 0 Å². The summed E-state index contributed by atoms with van der Waals surface area (Å²) < 4.78 is 2.01. The van der Waals surface area contributed by atoms with Crippen molar-refractivity contribution < 1.29 is 4.92 Å². The van der Waals surface area contributed by atoms with Crippen molar-refractivity contribution in [2.45, 2.75) is 33.7 Å². The summed E-state index contributed by atoms with van der Waals surface area (Å²) in [4.78, 5) is 15.1. The number of aromatic nitrogens is 2. The zero-order chi connectivity index (χ0) is 15.4. The second-order valence-corrected chi connectivity index (χ2v) is 5.04. The van der Waals surface area contributed by atoms with Crippen molar-refractivity contribution >= 4 is 11.4 Å². The zero-order valence-corrected chi connectivity index (χ0v) is 12.6. The fourth-order valence-corrected chi connectivity index (χ4v) is 2.21. The first-order chi connectivity index (χ1) is 10.0. The van der Waals surface area contributed by atoms with Gasteiger partial charge in [0.25, 0.3) is 5.69 Å². The van der Waals surface area contributed by atoms with E-state index in [0.29, 0.717) is 18.8 Å². The largest absolute Gasteiger partial charge is 0.379 e. The molecule has 0 aliphatic rings. The molecule has 0 amide bonds. The van der Waals surface area contributed by atoms with Crippen LogP contribution in [0.4, 0.5) is 11.4 Å². The van der Waals surface area contributed by atoms with Crippen molar-refractivity contribution in [3.63, 3.8) is 0 Å². The van der Waals surface area contributed by atoms with Crippen LogP contribution < -0.4 is 5.32 Å². The van der Waals surface area contributed by atoms with E-state index in [2.05, 4.69) is 10.3 Å². The number of aryl methyl sites for hydroxylation is 1. The van der Waals surface area contributed by atoms with E-state index in [-0.39, 0.29) is 10.6 Å². The average molecular weight is 288 g/mol. The molecule has 0 unspecified atom stereocenters. The van der Waals surface area contributed by atoms with Crippen LogP contribution >= 0.6 is 0 Å². The van der Waals surface area contributed by atoms with Gasteiger partial charge in [0.1, 0.15) is 5.69 Å². The number of anilines is 1. The number of nitrogens with one attached hydrogen (secondary N) is 1. The Hall–Kier alpha value is -2.37. The molecule has 2 aromatic rings. The normalized spacial score (nSPS) is 10.6. The smallest absolute Gasteiger partial charge is 0.292 e. The summed E-state index contributed by atoms with van der Waals surface area (Å²) in [6, 6.07) is 5.18. The number of nitro groups is 1. The monoisotopic (exact) mass is 288 g/mol. The summed E-state index contributed by atoms with van der Waals surface area (Å²) in [5, 5.41) is 14.4. The molecule has 0 spiro atoms. The van der Waals surface area contributed by atoms with Crippen LogP contribution in [0.15, 0.2) is 24.5 Å². The molecule has 0 fully saturated rings. The van der Waals surface area contributed by atoms with Gasteiger partial charge in [-0.15, -0.1) is 0 Å². The molecule has 1 aromatic carbocycles. The van der Waals surface area contributed by atoms with Crippen molar-refractivity contribution in [2.75, 3.05) is 11.9 Å². The highest BCUT2D eigenvalue weighted by Gasteiger charge is 2.17. The topological polar surface area (TPSA) is 73.0 Å². The van der Waals surface area contributed by atoms with Crippen molar-refractivity contribution in [2.24, 2.45) is 0 Å². The number of benzene rings is 1. The lowest BCUT2D eigenvalue weighted by Crippen LogP contribution is -2.09. The van der Waals surface area contributed by atoms with Crippen LogP contribution in [-0.4, -0.2) is 21.0 Å². The molecule has 0 saturated heterocycles. The Balaban J connectivity index is 2.39. The third-order valence-electron chi connectivity index (χ3n) is 3.56. The summed E-state index contributed by atoms with van der Waals surface area (Å²) in [5.41, 5.74) is 3.68. The van der Waals surface area contributed by atoms with E-state index < -0.39 is 0 Å². The number of nitrogens with zero attached hydrogens (tertiary/aromatic N) is 3. The highest BCUT2D eigenvalue weighted by Crippen LogP contribution is 2.29. The summed E-state index contributed by atoms with van der Waals surface area (Å²) in [7, 11) is 0. The number of hydrogen-bond acceptors (Lipinski definition) is 4. The molecule has 6 heteroatoms. The maximum atomic E-state index is 11.2. The Morgan fingerprint density at radius 3 is 2.71 bits per heavy atom. The lowest BCUT2D eigenvalue weighted by atomic mass is 10.1. The van der Waals surface area contributed by atoms with Crippen molar-refractivity contribution in [1.82, 2.24) is 9.55 Å². The molecule has 6 nitrogen and oxygen atoms in total. The predicted octanol–water partition coefficient (Wildman–Crippen LogP) is 3.28. The van der Waals surface area contributed by atoms with Gasteiger partial charge in [-0.05, 0) is 20.3 Å². The van der Waals surface area contributed by atoms with E-state index in [4.69, 9.17) is 0 Å². The van der Waals surface area contributed by atoms with E-state index >= 15 is 0 Å². The molecule has 1 aromatic heterocycles. The number of nitro benzene ring substituents is 1. The molecular formula is C15H20N4O2. The number of rotatable bonds is 6. The van der Waals surface area contributed by atoms with Crippen molar-refractivity contribution in [3.8, 4) is 0 Å². The Kier molecular flexibility index (Phi) is 4.57. The molecule has 1 heterocycles. The summed E-state index contributed by atoms with van der Waals surface area (Å²) in [6.07, 6.45) is 2.68. The van der Waals surface area contributed by atoms with E-state index in [1.54, 1.807) is 12.4 Å². The van der Waals surface area contributed by atoms with Gasteiger partial charge in [0.15, 0.2) is 0 Å². The molecule has 0 radical (unpaired) electrons. The van der Waals surface area contributed by atoms with Gasteiger partial charge in [0, 0.05) is 23.9 Å². The molecule has 0 aliphatic heterocycles. The zero-order valence-electron chi connectivity index (χ0n) is 12.6. The van der Waals surface area contributed by atoms with Crippen LogP contribution in [0.2, 0.25) is 0 Å². The van der Waals surface area contributed by atoms with E-state index in [0.717, 1.165) is 23.4 Å². The van der Waals surface area contributed by atoms with Gasteiger partial charge in [-0.25, -0.2) is 4.98 Å². The summed E-state index contributed by atoms with van der Waals surface area (Å²) in [6.45, 7) is 7.26. The third kappa shape index (κ3) is 3.21. The van der Waals surface area contributed by atoms with Gasteiger partial charge in [-0.1, -0.05) is 19.1 Å². The predicted molar refractivity (Wildman–Crippen MR) is 82.7 cm³/mol. The van der Waals surface area contributed by atoms with Crippen LogP contribution in [0, 0.1) is 24.0 Å². The standard InChI is InChI=1S/C15H20N4O2/c1-4-8-16-15-13(6-5-7-14(15)19(20)21)9-18-10-17-11(2)12(18)3/h5-7,10,16H,4,8-9H2,1-3H3. The maximum absolute atomic E-state index is 11.2. The first-order valence-electron chi connectivity index (χ1n) is 7.03. The van der Waals surface area contributed by atoms with Gasteiger partial charge < -0.3 is 9.88 Å². The lowest BCUT2D eigenvalue weighted by molar-refractivity contribution is -0.384. The van der Waals surface area contributed by atoms with E-state index in [1.807, 2.05) is 31.4 Å². The molecule has 0 atom stereocenters. The van der Waals surface area contributed by atoms with Gasteiger partial charge >= 0.3 is 0 Å². The van der Waals surface area contributed by atoms with Gasteiger partial charge in [0.2, 0.25) is 0 Å². The first kappa shape index (κ1) is 15.0. The average Bonchev–Trinajstić information content (AvgIpc) is 2.77. The first-order valence-corrected chi connectivity index (χ1v) is 7.03. The van der Waals surface area contributed by atoms with E-state index in [9.17, 15) is 10.1 Å². The number of imidazole rings is 1. The quantitative estimate of drug-likeness (QED) is 0.654. The SMILES string of the molecule is CCCNc1c(Cn2cnc(C)c2C)cccc1[N+](=O)[O-]. The minimum Gasteiger partial charge on any atom is -0.379 e. The van der Waals surface area contributed by atoms with Gasteiger partial charge in [-0.3, -0.25) is 10.1 Å². The third-order valence-corrected chi connectivity index (χ3v) is 3.56. The molecule has 112 valence electrons. The fourth-order valence-electron chi connectivity index (χ4n) is 2.21. The number of para-hydroxylation sites is 1. The second kappa shape index (κ2) is 6.39. The molecule has 0 aliphatic carbocycles. The minimum absolute atomic E-state index is 0.121. The summed E-state index contributed by atoms with van der Waals surface area (Å²) >= 11 is 0. The number of hydrogen-bond donors (Lipinski definition) is 1. The Bertz CT molecular complexity index is 649. The molecule has 0 bridgehead atoms. The molecular weight excluding hydrogens is 268 g/mol. The highest BCUT2D eigenvalue weighted by atomic mass is 16.6. The molecule has 0 saturated carbocycles. The molecule has 1 N–H and O–H groups in total. The Morgan fingerprint density at radius 2 is 2.14 bits per heavy atom. The van der Waals surface area contributed by atoms with Crippen LogP contribution in [-0.2, 0) is 6.54 Å². The summed E-state index contributed by atoms with van der Waals surface area (Å²) in [5.74, 6) is 0. The minimum atomic E-state index is -0.340. The van der Waals surface area contributed by atoms with Gasteiger partial charge in [-0.2, -0.15) is 0 Å². The highest BCUT2D eigenvalue weighted by molar-refractivity contribution is 5.66. The van der Waals surface area contributed by atoms with Gasteiger partial charge in [0.05, 0.1) is 23.5 Å². The maximum Gasteiger partial charge on any atom is 0.292 e. The van der Waals surface area contributed by atoms with Crippen LogP contribution in [0.25, 0.3) is 0 Å². The molecule has 2 rings (SSSR count). The fraction of sp³-hybridized carbons (Fsp3) is 0.400. The van der Waals surface area contributed by atoms with E-state index in [1.165, 1.54) is 6.07 Å². The van der Waals surface area contributed by atoms with Crippen LogP contribution in [0.1, 0.15) is 30.3 Å². The van der Waals surface area contributed by atoms with Crippen molar-refractivity contribution in [1.29, 1.82) is 0 Å². The second-order valence-electron chi connectivity index (χ2n) is 5.04. The van der Waals surface area contributed by atoms with Crippen molar-refractivity contribution in [3.05, 3.63) is 51.6 Å². The lowest BCUT2D eigenvalue weighted by Gasteiger charge is -2.13. The van der Waals surface area contributed by atoms with Crippen LogP contribution in [0.3, 0.4) is 0 Å². The Labute approximate surface area is 124 Å². The Morgan fingerprint density at radius 1 is 1.38 bits per heavy atom.